The van der Waals surface area contributed by atoms with Gasteiger partial charge in [-0.2, -0.15) is 0 Å². The molecule has 0 spiro atoms. The normalized spacial score (nSPS) is 12.1. The van der Waals surface area contributed by atoms with Crippen LogP contribution in [-0.2, 0) is 4.79 Å². The van der Waals surface area contributed by atoms with Gasteiger partial charge >= 0.3 is 29.6 Å². The molecule has 0 fully saturated rings. The van der Waals surface area contributed by atoms with Crippen LogP contribution in [0.25, 0.3) is 10.1 Å². The minimum Gasteiger partial charge on any atom is -0.549 e. The van der Waals surface area contributed by atoms with Crippen LogP contribution in [0.15, 0.2) is 30.3 Å². The fourth-order valence-corrected chi connectivity index (χ4v) is 2.44. The molecular formula is C11H9NaO2S. The summed E-state index contributed by atoms with van der Waals surface area (Å²) in [7, 11) is 0. The van der Waals surface area contributed by atoms with Gasteiger partial charge in [0.25, 0.3) is 0 Å². The molecule has 0 aliphatic heterocycles. The quantitative estimate of drug-likeness (QED) is 0.603. The van der Waals surface area contributed by atoms with Crippen LogP contribution in [0.5, 0.6) is 0 Å². The van der Waals surface area contributed by atoms with Gasteiger partial charge in [-0.3, -0.25) is 0 Å². The van der Waals surface area contributed by atoms with Crippen LogP contribution in [0.3, 0.4) is 0 Å². The van der Waals surface area contributed by atoms with Crippen molar-refractivity contribution in [2.45, 2.75) is 12.8 Å². The zero-order valence-corrected chi connectivity index (χ0v) is 11.5. The molecule has 1 aromatic carbocycles. The number of carboxylic acid groups (broad SMARTS) is 1. The van der Waals surface area contributed by atoms with Gasteiger partial charge in [0.1, 0.15) is 0 Å². The fraction of sp³-hybridized carbons (Fsp3) is 0.182. The maximum absolute atomic E-state index is 10.7. The standard InChI is InChI=1S/C11H10O2S.Na/c1-7(11(12)13)10-6-8-4-2-3-5-9(8)14-10;/h2-7H,1H3,(H,12,13);/q;+1/p-1/t7-;/m1./s1. The molecule has 2 rings (SSSR count). The number of hydrogen-bond acceptors (Lipinski definition) is 3. The number of benzene rings is 1. The van der Waals surface area contributed by atoms with Crippen LogP contribution in [0.4, 0.5) is 0 Å². The van der Waals surface area contributed by atoms with Gasteiger partial charge in [0.15, 0.2) is 0 Å². The first-order valence-corrected chi connectivity index (χ1v) is 5.19. The summed E-state index contributed by atoms with van der Waals surface area (Å²) in [5.41, 5.74) is 0. The molecule has 1 atom stereocenters. The van der Waals surface area contributed by atoms with E-state index in [1.54, 1.807) is 6.92 Å². The minimum atomic E-state index is -1.02. The monoisotopic (exact) mass is 228 g/mol. The summed E-state index contributed by atoms with van der Waals surface area (Å²) in [6.45, 7) is 1.65. The largest absolute Gasteiger partial charge is 1.00 e. The molecule has 2 nitrogen and oxygen atoms in total. The Labute approximate surface area is 114 Å². The maximum Gasteiger partial charge on any atom is 1.00 e. The summed E-state index contributed by atoms with van der Waals surface area (Å²) in [5.74, 6) is -1.54. The molecule has 0 N–H and O–H groups in total. The Bertz CT molecular complexity index is 445. The summed E-state index contributed by atoms with van der Waals surface area (Å²) >= 11 is 1.51. The van der Waals surface area contributed by atoms with E-state index in [2.05, 4.69) is 0 Å². The minimum absolute atomic E-state index is 0. The van der Waals surface area contributed by atoms with Crippen LogP contribution in [0.1, 0.15) is 17.7 Å². The third kappa shape index (κ3) is 2.61. The van der Waals surface area contributed by atoms with E-state index in [0.29, 0.717) is 0 Å². The number of carbonyl (C=O) groups excluding carboxylic acids is 1. The second-order valence-electron chi connectivity index (χ2n) is 3.23. The van der Waals surface area contributed by atoms with Crippen LogP contribution >= 0.6 is 11.3 Å². The van der Waals surface area contributed by atoms with Gasteiger partial charge < -0.3 is 9.90 Å². The van der Waals surface area contributed by atoms with Gasteiger partial charge in [0, 0.05) is 21.5 Å². The van der Waals surface area contributed by atoms with Crippen molar-refractivity contribution < 1.29 is 39.5 Å². The van der Waals surface area contributed by atoms with Crippen molar-refractivity contribution in [3.05, 3.63) is 35.2 Å². The zero-order chi connectivity index (χ0) is 10.1. The molecule has 0 unspecified atom stereocenters. The SMILES string of the molecule is C[C@@H](C(=O)[O-])c1cc2ccccc2s1.[Na+]. The predicted octanol–water partition coefficient (Wildman–Crippen LogP) is -1.24. The third-order valence-electron chi connectivity index (χ3n) is 2.22. The zero-order valence-electron chi connectivity index (χ0n) is 8.69. The van der Waals surface area contributed by atoms with Crippen molar-refractivity contribution >= 4 is 27.4 Å². The van der Waals surface area contributed by atoms with E-state index in [0.717, 1.165) is 15.0 Å². The average Bonchev–Trinajstić information content (AvgIpc) is 2.59. The molecule has 0 bridgehead atoms. The van der Waals surface area contributed by atoms with E-state index >= 15 is 0 Å². The average molecular weight is 228 g/mol. The molecule has 0 aliphatic rings. The first kappa shape index (κ1) is 12.7. The molecule has 0 aliphatic carbocycles. The molecule has 0 saturated carbocycles. The van der Waals surface area contributed by atoms with Crippen molar-refractivity contribution in [2.24, 2.45) is 0 Å². The van der Waals surface area contributed by atoms with E-state index < -0.39 is 11.9 Å². The fourth-order valence-electron chi connectivity index (χ4n) is 1.33. The van der Waals surface area contributed by atoms with E-state index in [4.69, 9.17) is 0 Å². The topological polar surface area (TPSA) is 40.1 Å². The van der Waals surface area contributed by atoms with Crippen molar-refractivity contribution in [1.29, 1.82) is 0 Å². The van der Waals surface area contributed by atoms with E-state index in [9.17, 15) is 9.90 Å². The molecule has 15 heavy (non-hydrogen) atoms. The van der Waals surface area contributed by atoms with Crippen LogP contribution in [-0.4, -0.2) is 5.97 Å². The Morgan fingerprint density at radius 1 is 1.40 bits per heavy atom. The van der Waals surface area contributed by atoms with Crippen molar-refractivity contribution in [2.75, 3.05) is 0 Å². The number of aliphatic carboxylic acids is 1. The molecule has 0 amide bonds. The Morgan fingerprint density at radius 2 is 2.07 bits per heavy atom. The summed E-state index contributed by atoms with van der Waals surface area (Å²) in [5, 5.41) is 11.8. The first-order valence-electron chi connectivity index (χ1n) is 4.38. The molecule has 1 aromatic heterocycles. The number of thiophene rings is 1. The number of hydrogen-bond donors (Lipinski definition) is 0. The molecule has 2 aromatic rings. The number of carbonyl (C=O) groups is 1. The van der Waals surface area contributed by atoms with Crippen molar-refractivity contribution in [3.63, 3.8) is 0 Å². The Kier molecular flexibility index (Phi) is 4.34. The van der Waals surface area contributed by atoms with Gasteiger partial charge in [0.05, 0.1) is 0 Å². The van der Waals surface area contributed by atoms with E-state index in [1.165, 1.54) is 11.3 Å². The summed E-state index contributed by atoms with van der Waals surface area (Å²) < 4.78 is 1.12. The molecule has 4 heteroatoms. The molecule has 0 radical (unpaired) electrons. The Morgan fingerprint density at radius 3 is 2.67 bits per heavy atom. The smallest absolute Gasteiger partial charge is 0.549 e. The predicted molar refractivity (Wildman–Crippen MR) is 55.2 cm³/mol. The molecule has 1 heterocycles. The van der Waals surface area contributed by atoms with Crippen LogP contribution in [0.2, 0.25) is 0 Å². The van der Waals surface area contributed by atoms with Crippen LogP contribution < -0.4 is 34.7 Å². The van der Waals surface area contributed by atoms with Gasteiger partial charge in [0.2, 0.25) is 0 Å². The second-order valence-corrected chi connectivity index (χ2v) is 4.34. The summed E-state index contributed by atoms with van der Waals surface area (Å²) in [6.07, 6.45) is 0. The number of carboxylic acids is 1. The van der Waals surface area contributed by atoms with Gasteiger partial charge in [-0.1, -0.05) is 25.1 Å². The first-order chi connectivity index (χ1) is 6.68. The van der Waals surface area contributed by atoms with Crippen molar-refractivity contribution in [3.8, 4) is 0 Å². The van der Waals surface area contributed by atoms with Gasteiger partial charge in [-0.05, 0) is 17.5 Å². The maximum atomic E-state index is 10.7. The van der Waals surface area contributed by atoms with E-state index in [1.807, 2.05) is 30.3 Å². The molecular weight excluding hydrogens is 219 g/mol. The Hall–Kier alpha value is -0.350. The van der Waals surface area contributed by atoms with Crippen LogP contribution in [0, 0.1) is 0 Å². The second kappa shape index (κ2) is 5.12. The summed E-state index contributed by atoms with van der Waals surface area (Å²) in [4.78, 5) is 11.5. The Balaban J connectivity index is 0.00000112. The number of rotatable bonds is 2. The summed E-state index contributed by atoms with van der Waals surface area (Å²) in [6, 6.07) is 9.79. The third-order valence-corrected chi connectivity index (χ3v) is 3.52. The number of fused-ring (bicyclic) bond motifs is 1. The molecule has 72 valence electrons. The van der Waals surface area contributed by atoms with Crippen molar-refractivity contribution in [1.82, 2.24) is 0 Å². The molecule has 0 saturated heterocycles. The van der Waals surface area contributed by atoms with Gasteiger partial charge in [-0.15, -0.1) is 11.3 Å². The van der Waals surface area contributed by atoms with E-state index in [-0.39, 0.29) is 29.6 Å². The van der Waals surface area contributed by atoms with Gasteiger partial charge in [-0.25, -0.2) is 0 Å².